The molecule has 0 saturated heterocycles. The van der Waals surface area contributed by atoms with E-state index < -0.39 is 6.04 Å². The molecule has 0 aliphatic carbocycles. The van der Waals surface area contributed by atoms with Crippen LogP contribution in [0.1, 0.15) is 26.3 Å². The zero-order valence-electron chi connectivity index (χ0n) is 10.7. The molecule has 1 rings (SSSR count). The van der Waals surface area contributed by atoms with Gasteiger partial charge in [-0.25, -0.2) is 4.39 Å². The van der Waals surface area contributed by atoms with Crippen molar-refractivity contribution in [1.29, 1.82) is 0 Å². The molecular formula is C13H19FN2O. The molecule has 0 bridgehead atoms. The molecule has 0 unspecified atom stereocenters. The number of benzene rings is 1. The highest BCUT2D eigenvalue weighted by Gasteiger charge is 2.27. The second-order valence-corrected chi connectivity index (χ2v) is 5.30. The summed E-state index contributed by atoms with van der Waals surface area (Å²) in [7, 11) is 0. The van der Waals surface area contributed by atoms with Gasteiger partial charge in [0.05, 0.1) is 6.04 Å². The highest BCUT2D eigenvalue weighted by Crippen LogP contribution is 2.19. The van der Waals surface area contributed by atoms with Gasteiger partial charge in [0.1, 0.15) is 5.82 Å². The molecule has 1 amide bonds. The van der Waals surface area contributed by atoms with Gasteiger partial charge in [0.2, 0.25) is 5.91 Å². The first-order valence-corrected chi connectivity index (χ1v) is 5.54. The van der Waals surface area contributed by atoms with Crippen molar-refractivity contribution < 1.29 is 9.18 Å². The molecule has 4 heteroatoms. The average molecular weight is 238 g/mol. The van der Waals surface area contributed by atoms with Crippen LogP contribution in [-0.2, 0) is 4.79 Å². The molecule has 17 heavy (non-hydrogen) atoms. The summed E-state index contributed by atoms with van der Waals surface area (Å²) in [6.07, 6.45) is 0. The maximum absolute atomic E-state index is 13.0. The summed E-state index contributed by atoms with van der Waals surface area (Å²) in [6.45, 7) is 7.34. The van der Waals surface area contributed by atoms with Gasteiger partial charge in [-0.15, -0.1) is 0 Å². The van der Waals surface area contributed by atoms with E-state index in [0.717, 1.165) is 0 Å². The fraction of sp³-hybridized carbons (Fsp3) is 0.462. The monoisotopic (exact) mass is 238 g/mol. The van der Waals surface area contributed by atoms with E-state index in [0.29, 0.717) is 11.3 Å². The first-order chi connectivity index (χ1) is 7.71. The van der Waals surface area contributed by atoms with Crippen molar-refractivity contribution in [2.75, 3.05) is 5.32 Å². The lowest BCUT2D eigenvalue weighted by atomic mass is 9.87. The molecule has 1 atom stereocenters. The van der Waals surface area contributed by atoms with Gasteiger partial charge in [-0.3, -0.25) is 4.79 Å². The SMILES string of the molecule is Cc1cc(NC(=O)[C@@H](N)C(C)(C)C)ccc1F. The Morgan fingerprint density at radius 1 is 1.41 bits per heavy atom. The third kappa shape index (κ3) is 3.53. The van der Waals surface area contributed by atoms with Gasteiger partial charge in [-0.1, -0.05) is 20.8 Å². The van der Waals surface area contributed by atoms with Crippen molar-refractivity contribution >= 4 is 11.6 Å². The van der Waals surface area contributed by atoms with Crippen LogP contribution in [0, 0.1) is 18.2 Å². The van der Waals surface area contributed by atoms with E-state index >= 15 is 0 Å². The van der Waals surface area contributed by atoms with Crippen LogP contribution in [0.5, 0.6) is 0 Å². The van der Waals surface area contributed by atoms with Gasteiger partial charge >= 0.3 is 0 Å². The molecule has 1 aromatic carbocycles. The van der Waals surface area contributed by atoms with Crippen molar-refractivity contribution in [2.24, 2.45) is 11.1 Å². The topological polar surface area (TPSA) is 55.1 Å². The Morgan fingerprint density at radius 3 is 2.47 bits per heavy atom. The summed E-state index contributed by atoms with van der Waals surface area (Å²) in [5, 5.41) is 2.69. The summed E-state index contributed by atoms with van der Waals surface area (Å²) in [5.41, 5.74) is 6.57. The minimum Gasteiger partial charge on any atom is -0.325 e. The number of carbonyl (C=O) groups excluding carboxylic acids is 1. The molecular weight excluding hydrogens is 219 g/mol. The second kappa shape index (κ2) is 4.84. The van der Waals surface area contributed by atoms with E-state index in [1.54, 1.807) is 13.0 Å². The molecule has 1 aromatic rings. The summed E-state index contributed by atoms with van der Waals surface area (Å²) in [6, 6.07) is 3.83. The van der Waals surface area contributed by atoms with Gasteiger partial charge < -0.3 is 11.1 Å². The molecule has 0 radical (unpaired) electrons. The van der Waals surface area contributed by atoms with Crippen LogP contribution in [0.2, 0.25) is 0 Å². The Kier molecular flexibility index (Phi) is 3.88. The number of carbonyl (C=O) groups is 1. The Hall–Kier alpha value is -1.42. The predicted molar refractivity (Wildman–Crippen MR) is 67.2 cm³/mol. The molecule has 0 aliphatic rings. The first-order valence-electron chi connectivity index (χ1n) is 5.54. The Labute approximate surface area is 101 Å². The molecule has 3 N–H and O–H groups in total. The van der Waals surface area contributed by atoms with E-state index in [2.05, 4.69) is 5.32 Å². The predicted octanol–water partition coefficient (Wildman–Crippen LogP) is 2.45. The van der Waals surface area contributed by atoms with Crippen molar-refractivity contribution in [3.63, 3.8) is 0 Å². The summed E-state index contributed by atoms with van der Waals surface area (Å²) >= 11 is 0. The van der Waals surface area contributed by atoms with Gasteiger partial charge in [0, 0.05) is 5.69 Å². The molecule has 0 saturated carbocycles. The Morgan fingerprint density at radius 2 is 2.00 bits per heavy atom. The number of anilines is 1. The summed E-state index contributed by atoms with van der Waals surface area (Å²) in [4.78, 5) is 11.8. The number of aryl methyl sites for hydroxylation is 1. The van der Waals surface area contributed by atoms with E-state index in [4.69, 9.17) is 5.73 Å². The maximum atomic E-state index is 13.0. The maximum Gasteiger partial charge on any atom is 0.241 e. The number of hydrogen-bond donors (Lipinski definition) is 2. The Balaban J connectivity index is 2.78. The molecule has 0 aliphatic heterocycles. The van der Waals surface area contributed by atoms with Crippen molar-refractivity contribution in [1.82, 2.24) is 0 Å². The first kappa shape index (κ1) is 13.6. The zero-order chi connectivity index (χ0) is 13.2. The third-order valence-electron chi connectivity index (χ3n) is 2.64. The lowest BCUT2D eigenvalue weighted by Crippen LogP contribution is -2.45. The Bertz CT molecular complexity index is 424. The number of nitrogens with one attached hydrogen (secondary N) is 1. The summed E-state index contributed by atoms with van der Waals surface area (Å²) in [5.74, 6) is -0.549. The van der Waals surface area contributed by atoms with Gasteiger partial charge in [0.15, 0.2) is 0 Å². The van der Waals surface area contributed by atoms with Crippen molar-refractivity contribution in [2.45, 2.75) is 33.7 Å². The fourth-order valence-electron chi connectivity index (χ4n) is 1.34. The van der Waals surface area contributed by atoms with Crippen LogP contribution in [0.25, 0.3) is 0 Å². The minimum atomic E-state index is -0.604. The average Bonchev–Trinajstić information content (AvgIpc) is 2.21. The number of rotatable bonds is 2. The molecule has 0 spiro atoms. The molecule has 0 aromatic heterocycles. The van der Waals surface area contributed by atoms with Gasteiger partial charge in [0.25, 0.3) is 0 Å². The fourth-order valence-corrected chi connectivity index (χ4v) is 1.34. The van der Waals surface area contributed by atoms with Gasteiger partial charge in [-0.2, -0.15) is 0 Å². The van der Waals surface area contributed by atoms with Crippen LogP contribution in [0.3, 0.4) is 0 Å². The molecule has 94 valence electrons. The number of hydrogen-bond acceptors (Lipinski definition) is 2. The smallest absolute Gasteiger partial charge is 0.241 e. The highest BCUT2D eigenvalue weighted by molar-refractivity contribution is 5.95. The highest BCUT2D eigenvalue weighted by atomic mass is 19.1. The van der Waals surface area contributed by atoms with Crippen LogP contribution < -0.4 is 11.1 Å². The van der Waals surface area contributed by atoms with E-state index in [1.165, 1.54) is 12.1 Å². The van der Waals surface area contributed by atoms with Gasteiger partial charge in [-0.05, 0) is 36.1 Å². The van der Waals surface area contributed by atoms with Crippen LogP contribution in [0.4, 0.5) is 10.1 Å². The zero-order valence-corrected chi connectivity index (χ0v) is 10.7. The van der Waals surface area contributed by atoms with Crippen molar-refractivity contribution in [3.8, 4) is 0 Å². The van der Waals surface area contributed by atoms with Crippen LogP contribution in [-0.4, -0.2) is 11.9 Å². The standard InChI is InChI=1S/C13H19FN2O/c1-8-7-9(5-6-10(8)14)16-12(17)11(15)13(2,3)4/h5-7,11H,15H2,1-4H3,(H,16,17)/t11-/m1/s1. The second-order valence-electron chi connectivity index (χ2n) is 5.30. The van der Waals surface area contributed by atoms with E-state index in [-0.39, 0.29) is 17.1 Å². The third-order valence-corrected chi connectivity index (χ3v) is 2.64. The largest absolute Gasteiger partial charge is 0.325 e. The lowest BCUT2D eigenvalue weighted by molar-refractivity contribution is -0.119. The number of amides is 1. The quantitative estimate of drug-likeness (QED) is 0.831. The van der Waals surface area contributed by atoms with Crippen LogP contribution >= 0.6 is 0 Å². The molecule has 3 nitrogen and oxygen atoms in total. The number of nitrogens with two attached hydrogens (primary N) is 1. The normalized spacial score (nSPS) is 13.3. The van der Waals surface area contributed by atoms with E-state index in [9.17, 15) is 9.18 Å². The molecule has 0 heterocycles. The van der Waals surface area contributed by atoms with Crippen LogP contribution in [0.15, 0.2) is 18.2 Å². The summed E-state index contributed by atoms with van der Waals surface area (Å²) < 4.78 is 13.0. The minimum absolute atomic E-state index is 0.261. The lowest BCUT2D eigenvalue weighted by Gasteiger charge is -2.25. The van der Waals surface area contributed by atoms with E-state index in [1.807, 2.05) is 20.8 Å². The molecule has 0 fully saturated rings. The van der Waals surface area contributed by atoms with Crippen molar-refractivity contribution in [3.05, 3.63) is 29.6 Å². The number of halogens is 1.